The molecule has 3 saturated heterocycles. The standard InChI is InChI=1S/C24H33NO6/c26-23(15-18-9-3-8-14-25-18)20-19(29-22(30-20)12-6-2-7-13-22)16-27-24(23)17-28-21(31-24)10-4-1-5-11-21/h3,8-9,14,19-20,26H,1-2,4-7,10-13,15-17H2/t19-,20-,23-,24+/m1/s1. The first-order chi connectivity index (χ1) is 15.1. The predicted octanol–water partition coefficient (Wildman–Crippen LogP) is 3.23. The number of nitrogens with zero attached hydrogens (tertiary/aromatic N) is 1. The number of rotatable bonds is 2. The van der Waals surface area contributed by atoms with E-state index >= 15 is 0 Å². The van der Waals surface area contributed by atoms with Gasteiger partial charge in [0.15, 0.2) is 17.2 Å². The fraction of sp³-hybridized carbons (Fsp3) is 0.792. The monoisotopic (exact) mass is 431 g/mol. The largest absolute Gasteiger partial charge is 0.381 e. The molecule has 2 saturated carbocycles. The van der Waals surface area contributed by atoms with Crippen LogP contribution in [0.1, 0.15) is 69.9 Å². The van der Waals surface area contributed by atoms with Crippen molar-refractivity contribution in [1.29, 1.82) is 0 Å². The highest BCUT2D eigenvalue weighted by Gasteiger charge is 2.72. The third-order valence-corrected chi connectivity index (χ3v) is 7.94. The Balaban J connectivity index is 1.36. The molecule has 4 heterocycles. The van der Waals surface area contributed by atoms with E-state index in [0.29, 0.717) is 6.61 Å². The number of fused-ring (bicyclic) bond motifs is 1. The van der Waals surface area contributed by atoms with E-state index in [1.165, 1.54) is 12.8 Å². The molecule has 7 nitrogen and oxygen atoms in total. The number of aliphatic hydroxyl groups is 1. The molecule has 1 N–H and O–H groups in total. The minimum atomic E-state index is -1.47. The maximum atomic E-state index is 12.4. The van der Waals surface area contributed by atoms with Crippen LogP contribution in [0.3, 0.4) is 0 Å². The minimum Gasteiger partial charge on any atom is -0.381 e. The van der Waals surface area contributed by atoms with Gasteiger partial charge in [0.05, 0.1) is 6.61 Å². The molecule has 6 rings (SSSR count). The fourth-order valence-electron chi connectivity index (χ4n) is 6.31. The molecule has 2 aliphatic carbocycles. The lowest BCUT2D eigenvalue weighted by Crippen LogP contribution is -2.72. The minimum absolute atomic E-state index is 0.190. The Morgan fingerprint density at radius 3 is 2.35 bits per heavy atom. The first kappa shape index (κ1) is 20.5. The van der Waals surface area contributed by atoms with Crippen molar-refractivity contribution in [3.8, 4) is 0 Å². The summed E-state index contributed by atoms with van der Waals surface area (Å²) in [6, 6.07) is 5.73. The Morgan fingerprint density at radius 2 is 1.65 bits per heavy atom. The van der Waals surface area contributed by atoms with Gasteiger partial charge >= 0.3 is 0 Å². The molecule has 0 amide bonds. The highest BCUT2D eigenvalue weighted by Crippen LogP contribution is 2.54. The van der Waals surface area contributed by atoms with Crippen LogP contribution in [-0.2, 0) is 30.1 Å². The normalized spacial score (nSPS) is 41.1. The van der Waals surface area contributed by atoms with Crippen molar-refractivity contribution in [1.82, 2.24) is 4.98 Å². The number of ether oxygens (including phenoxy) is 5. The summed E-state index contributed by atoms with van der Waals surface area (Å²) in [5.74, 6) is -2.58. The van der Waals surface area contributed by atoms with E-state index in [1.54, 1.807) is 6.20 Å². The van der Waals surface area contributed by atoms with Crippen molar-refractivity contribution in [3.63, 3.8) is 0 Å². The molecule has 4 atom stereocenters. The smallest absolute Gasteiger partial charge is 0.227 e. The number of hydrogen-bond acceptors (Lipinski definition) is 7. The molecule has 0 bridgehead atoms. The number of hydrogen-bond donors (Lipinski definition) is 1. The first-order valence-corrected chi connectivity index (χ1v) is 12.0. The molecule has 5 aliphatic rings. The van der Waals surface area contributed by atoms with E-state index in [9.17, 15) is 5.11 Å². The van der Waals surface area contributed by atoms with Crippen molar-refractivity contribution < 1.29 is 28.8 Å². The zero-order chi connectivity index (χ0) is 21.0. The Kier molecular flexibility index (Phi) is 4.94. The van der Waals surface area contributed by atoms with E-state index < -0.39 is 29.1 Å². The highest BCUT2D eigenvalue weighted by molar-refractivity contribution is 5.18. The summed E-state index contributed by atoms with van der Waals surface area (Å²) < 4.78 is 32.3. The van der Waals surface area contributed by atoms with E-state index in [2.05, 4.69) is 4.98 Å². The van der Waals surface area contributed by atoms with Crippen LogP contribution in [0.5, 0.6) is 0 Å². The van der Waals surface area contributed by atoms with Crippen molar-refractivity contribution in [2.45, 2.75) is 106 Å². The average molecular weight is 432 g/mol. The Bertz CT molecular complexity index is 781. The third-order valence-electron chi connectivity index (χ3n) is 7.94. The van der Waals surface area contributed by atoms with Gasteiger partial charge < -0.3 is 28.8 Å². The molecule has 0 unspecified atom stereocenters. The van der Waals surface area contributed by atoms with Crippen molar-refractivity contribution >= 4 is 0 Å². The first-order valence-electron chi connectivity index (χ1n) is 12.0. The van der Waals surface area contributed by atoms with Gasteiger partial charge in [0.1, 0.15) is 18.8 Å². The summed E-state index contributed by atoms with van der Waals surface area (Å²) in [6.07, 6.45) is 11.1. The van der Waals surface area contributed by atoms with Crippen LogP contribution in [0.25, 0.3) is 0 Å². The topological polar surface area (TPSA) is 79.3 Å². The predicted molar refractivity (Wildman–Crippen MR) is 110 cm³/mol. The number of pyridine rings is 1. The molecule has 0 aromatic carbocycles. The molecule has 0 radical (unpaired) electrons. The van der Waals surface area contributed by atoms with Crippen LogP contribution in [0.15, 0.2) is 24.4 Å². The third kappa shape index (κ3) is 3.28. The second-order valence-electron chi connectivity index (χ2n) is 10.0. The Labute approximate surface area is 183 Å². The lowest BCUT2D eigenvalue weighted by atomic mass is 9.78. The Hall–Kier alpha value is -1.09. The van der Waals surface area contributed by atoms with Crippen LogP contribution in [0, 0.1) is 0 Å². The summed E-state index contributed by atoms with van der Waals surface area (Å²) >= 11 is 0. The van der Waals surface area contributed by atoms with Gasteiger partial charge in [-0.25, -0.2) is 0 Å². The number of aromatic nitrogens is 1. The van der Waals surface area contributed by atoms with Crippen molar-refractivity contribution in [2.75, 3.05) is 13.2 Å². The lowest BCUT2D eigenvalue weighted by molar-refractivity contribution is -0.373. The van der Waals surface area contributed by atoms with Gasteiger partial charge in [-0.15, -0.1) is 0 Å². The van der Waals surface area contributed by atoms with Gasteiger partial charge in [-0.2, -0.15) is 0 Å². The van der Waals surface area contributed by atoms with Gasteiger partial charge in [-0.05, 0) is 37.8 Å². The van der Waals surface area contributed by atoms with Crippen LogP contribution >= 0.6 is 0 Å². The van der Waals surface area contributed by atoms with E-state index in [4.69, 9.17) is 23.7 Å². The maximum absolute atomic E-state index is 12.4. The van der Waals surface area contributed by atoms with Crippen LogP contribution in [0.2, 0.25) is 0 Å². The summed E-state index contributed by atoms with van der Waals surface area (Å²) in [4.78, 5) is 4.49. The van der Waals surface area contributed by atoms with E-state index in [0.717, 1.165) is 57.1 Å². The fourth-order valence-corrected chi connectivity index (χ4v) is 6.31. The molecular formula is C24H33NO6. The van der Waals surface area contributed by atoms with Crippen LogP contribution < -0.4 is 0 Å². The maximum Gasteiger partial charge on any atom is 0.227 e. The molecule has 3 aliphatic heterocycles. The summed E-state index contributed by atoms with van der Waals surface area (Å²) in [7, 11) is 0. The van der Waals surface area contributed by atoms with Crippen LogP contribution in [-0.4, -0.2) is 58.5 Å². The second kappa shape index (κ2) is 7.47. The SMILES string of the molecule is O[C@]1(Cc2ccccn2)[C@@H]2OC3(CCCCC3)O[C@@H]2CO[C@]12COC1(CCCCC1)O2. The molecule has 3 spiro atoms. The van der Waals surface area contributed by atoms with Gasteiger partial charge in [-0.3, -0.25) is 4.98 Å². The quantitative estimate of drug-likeness (QED) is 0.770. The van der Waals surface area contributed by atoms with Gasteiger partial charge in [-0.1, -0.05) is 18.9 Å². The average Bonchev–Trinajstić information content (AvgIpc) is 3.33. The van der Waals surface area contributed by atoms with E-state index in [1.807, 2.05) is 18.2 Å². The molecule has 5 fully saturated rings. The molecular weight excluding hydrogens is 398 g/mol. The lowest BCUT2D eigenvalue weighted by Gasteiger charge is -2.51. The van der Waals surface area contributed by atoms with Gasteiger partial charge in [0.25, 0.3) is 0 Å². The van der Waals surface area contributed by atoms with Gasteiger partial charge in [0.2, 0.25) is 5.79 Å². The summed E-state index contributed by atoms with van der Waals surface area (Å²) in [5.41, 5.74) is -0.693. The molecule has 1 aromatic rings. The zero-order valence-electron chi connectivity index (χ0n) is 18.1. The molecule has 31 heavy (non-hydrogen) atoms. The highest BCUT2D eigenvalue weighted by atomic mass is 16.9. The van der Waals surface area contributed by atoms with Crippen molar-refractivity contribution in [2.24, 2.45) is 0 Å². The zero-order valence-corrected chi connectivity index (χ0v) is 18.1. The second-order valence-corrected chi connectivity index (χ2v) is 10.0. The molecule has 7 heteroatoms. The van der Waals surface area contributed by atoms with Crippen LogP contribution in [0.4, 0.5) is 0 Å². The van der Waals surface area contributed by atoms with Gasteiger partial charge in [0, 0.05) is 44.0 Å². The summed E-state index contributed by atoms with van der Waals surface area (Å²) in [6.45, 7) is 0.520. The molecule has 1 aromatic heterocycles. The van der Waals surface area contributed by atoms with E-state index in [-0.39, 0.29) is 19.1 Å². The Morgan fingerprint density at radius 1 is 0.903 bits per heavy atom. The molecule has 170 valence electrons. The van der Waals surface area contributed by atoms with Crippen molar-refractivity contribution in [3.05, 3.63) is 30.1 Å². The summed E-state index contributed by atoms with van der Waals surface area (Å²) in [5, 5.41) is 12.4.